The Morgan fingerprint density at radius 2 is 2.22 bits per heavy atom. The Labute approximate surface area is 98.5 Å². The van der Waals surface area contributed by atoms with Gasteiger partial charge in [0.05, 0.1) is 24.0 Å². The lowest BCUT2D eigenvalue weighted by molar-refractivity contribution is -0.387. The summed E-state index contributed by atoms with van der Waals surface area (Å²) in [6.45, 7) is 0. The van der Waals surface area contributed by atoms with Gasteiger partial charge in [0, 0.05) is 11.8 Å². The van der Waals surface area contributed by atoms with E-state index in [1.165, 1.54) is 0 Å². The molecule has 7 nitrogen and oxygen atoms in total. The van der Waals surface area contributed by atoms with Gasteiger partial charge in [-0.05, 0) is 0 Å². The number of esters is 1. The molecule has 9 heteroatoms. The monoisotopic (exact) mass is 262 g/mol. The van der Waals surface area contributed by atoms with Crippen LogP contribution in [-0.2, 0) is 16.0 Å². The number of nitrogens with one attached hydrogen (secondary N) is 1. The molecule has 0 aliphatic heterocycles. The highest BCUT2D eigenvalue weighted by Crippen LogP contribution is 2.27. The highest BCUT2D eigenvalue weighted by molar-refractivity contribution is 5.74. The maximum absolute atomic E-state index is 12.7. The van der Waals surface area contributed by atoms with E-state index in [1.807, 2.05) is 4.98 Å². The third kappa shape index (κ3) is 2.67. The standard InChI is InChI=1S/C9H8F2N2O5/c1-18-6(14)2-4-5(8(10)11)3-12-9(15)7(4)13(16)17/h3,8H,2H2,1H3,(H,12,15). The summed E-state index contributed by atoms with van der Waals surface area (Å²) >= 11 is 0. The first kappa shape index (κ1) is 13.7. The van der Waals surface area contributed by atoms with Crippen molar-refractivity contribution in [2.75, 3.05) is 7.11 Å². The molecule has 0 aliphatic carbocycles. The normalized spacial score (nSPS) is 10.4. The first-order chi connectivity index (χ1) is 8.38. The Morgan fingerprint density at radius 1 is 1.61 bits per heavy atom. The molecule has 0 radical (unpaired) electrons. The van der Waals surface area contributed by atoms with E-state index >= 15 is 0 Å². The summed E-state index contributed by atoms with van der Waals surface area (Å²) in [4.78, 5) is 33.7. The second-order valence-corrected chi connectivity index (χ2v) is 3.21. The van der Waals surface area contributed by atoms with Crippen LogP contribution in [0, 0.1) is 10.1 Å². The number of halogens is 2. The van der Waals surface area contributed by atoms with E-state index < -0.39 is 46.1 Å². The van der Waals surface area contributed by atoms with Gasteiger partial charge in [-0.3, -0.25) is 19.7 Å². The molecular weight excluding hydrogens is 254 g/mol. The summed E-state index contributed by atoms with van der Waals surface area (Å²) in [6, 6.07) is 0. The van der Waals surface area contributed by atoms with Crippen LogP contribution in [-0.4, -0.2) is 23.0 Å². The van der Waals surface area contributed by atoms with Crippen LogP contribution >= 0.6 is 0 Å². The minimum atomic E-state index is -3.06. The van der Waals surface area contributed by atoms with Crippen molar-refractivity contribution in [2.24, 2.45) is 0 Å². The average molecular weight is 262 g/mol. The smallest absolute Gasteiger partial charge is 0.338 e. The molecule has 1 aromatic heterocycles. The van der Waals surface area contributed by atoms with Crippen molar-refractivity contribution in [3.8, 4) is 0 Å². The Morgan fingerprint density at radius 3 is 2.67 bits per heavy atom. The number of methoxy groups -OCH3 is 1. The molecule has 0 unspecified atom stereocenters. The van der Waals surface area contributed by atoms with Crippen molar-refractivity contribution in [1.29, 1.82) is 0 Å². The van der Waals surface area contributed by atoms with Gasteiger partial charge < -0.3 is 9.72 Å². The van der Waals surface area contributed by atoms with Gasteiger partial charge in [0.2, 0.25) is 0 Å². The first-order valence-corrected chi connectivity index (χ1v) is 4.62. The second kappa shape index (κ2) is 5.34. The van der Waals surface area contributed by atoms with Crippen LogP contribution in [0.3, 0.4) is 0 Å². The van der Waals surface area contributed by atoms with Crippen molar-refractivity contribution in [2.45, 2.75) is 12.8 Å². The van der Waals surface area contributed by atoms with Crippen LogP contribution in [0.1, 0.15) is 17.6 Å². The molecule has 0 amide bonds. The number of aromatic nitrogens is 1. The van der Waals surface area contributed by atoms with Gasteiger partial charge >= 0.3 is 17.2 Å². The summed E-state index contributed by atoms with van der Waals surface area (Å²) in [6.07, 6.45) is -3.17. The number of rotatable bonds is 4. The zero-order chi connectivity index (χ0) is 13.9. The van der Waals surface area contributed by atoms with Crippen LogP contribution in [0.5, 0.6) is 0 Å². The Hall–Kier alpha value is -2.32. The molecule has 0 aromatic carbocycles. The predicted molar refractivity (Wildman–Crippen MR) is 54.4 cm³/mol. The van der Waals surface area contributed by atoms with E-state index in [1.54, 1.807) is 0 Å². The third-order valence-electron chi connectivity index (χ3n) is 2.17. The van der Waals surface area contributed by atoms with E-state index in [4.69, 9.17) is 0 Å². The number of carbonyl (C=O) groups is 1. The molecule has 18 heavy (non-hydrogen) atoms. The largest absolute Gasteiger partial charge is 0.469 e. The van der Waals surface area contributed by atoms with Gasteiger partial charge in [0.25, 0.3) is 6.43 Å². The molecular formula is C9H8F2N2O5. The Balaban J connectivity index is 3.48. The number of nitrogens with zero attached hydrogens (tertiary/aromatic N) is 1. The van der Waals surface area contributed by atoms with Crippen molar-refractivity contribution < 1.29 is 23.2 Å². The van der Waals surface area contributed by atoms with Gasteiger partial charge in [-0.25, -0.2) is 8.78 Å². The number of H-pyrrole nitrogens is 1. The van der Waals surface area contributed by atoms with Crippen molar-refractivity contribution in [1.82, 2.24) is 4.98 Å². The molecule has 0 atom stereocenters. The molecule has 0 fully saturated rings. The average Bonchev–Trinajstić information content (AvgIpc) is 2.27. The summed E-state index contributed by atoms with van der Waals surface area (Å²) in [7, 11) is 1.00. The van der Waals surface area contributed by atoms with Crippen molar-refractivity contribution in [3.05, 3.63) is 37.8 Å². The van der Waals surface area contributed by atoms with E-state index in [0.717, 1.165) is 7.11 Å². The molecule has 1 aromatic rings. The highest BCUT2D eigenvalue weighted by Gasteiger charge is 2.28. The molecule has 1 heterocycles. The summed E-state index contributed by atoms with van der Waals surface area (Å²) in [5.41, 5.74) is -3.63. The van der Waals surface area contributed by atoms with Gasteiger partial charge in [-0.1, -0.05) is 0 Å². The number of nitro groups is 1. The number of pyridine rings is 1. The lowest BCUT2D eigenvalue weighted by Crippen LogP contribution is -2.19. The SMILES string of the molecule is COC(=O)Cc1c(C(F)F)c[nH]c(=O)c1[N+](=O)[O-]. The van der Waals surface area contributed by atoms with Crippen LogP contribution in [0.25, 0.3) is 0 Å². The highest BCUT2D eigenvalue weighted by atomic mass is 19.3. The molecule has 0 aliphatic rings. The van der Waals surface area contributed by atoms with E-state index in [2.05, 4.69) is 4.74 Å². The molecule has 98 valence electrons. The van der Waals surface area contributed by atoms with Crippen molar-refractivity contribution >= 4 is 11.7 Å². The van der Waals surface area contributed by atoms with E-state index in [-0.39, 0.29) is 0 Å². The first-order valence-electron chi connectivity index (χ1n) is 4.62. The lowest BCUT2D eigenvalue weighted by Gasteiger charge is -2.07. The number of aromatic amines is 1. The molecule has 1 N–H and O–H groups in total. The van der Waals surface area contributed by atoms with Crippen LogP contribution < -0.4 is 5.56 Å². The number of ether oxygens (including phenoxy) is 1. The van der Waals surface area contributed by atoms with Crippen LogP contribution in [0.2, 0.25) is 0 Å². The van der Waals surface area contributed by atoms with Crippen LogP contribution in [0.4, 0.5) is 14.5 Å². The third-order valence-corrected chi connectivity index (χ3v) is 2.17. The molecule has 0 bridgehead atoms. The Kier molecular flexibility index (Phi) is 4.08. The zero-order valence-corrected chi connectivity index (χ0v) is 9.11. The topological polar surface area (TPSA) is 102 Å². The zero-order valence-electron chi connectivity index (χ0n) is 9.11. The summed E-state index contributed by atoms with van der Waals surface area (Å²) in [5.74, 6) is -0.953. The number of hydrogen-bond acceptors (Lipinski definition) is 5. The van der Waals surface area contributed by atoms with Crippen molar-refractivity contribution in [3.63, 3.8) is 0 Å². The maximum atomic E-state index is 12.7. The number of carbonyl (C=O) groups excluding carboxylic acids is 1. The van der Waals surface area contributed by atoms with Gasteiger partial charge in [0.15, 0.2) is 0 Å². The molecule has 0 spiro atoms. The Bertz CT molecular complexity index is 540. The predicted octanol–water partition coefficient (Wildman–Crippen LogP) is 0.936. The fourth-order valence-corrected chi connectivity index (χ4v) is 1.36. The fraction of sp³-hybridized carbons (Fsp3) is 0.333. The van der Waals surface area contributed by atoms with E-state index in [0.29, 0.717) is 6.20 Å². The summed E-state index contributed by atoms with van der Waals surface area (Å²) < 4.78 is 29.6. The van der Waals surface area contributed by atoms with Gasteiger partial charge in [-0.2, -0.15) is 0 Å². The summed E-state index contributed by atoms with van der Waals surface area (Å²) in [5, 5.41) is 10.7. The molecule has 1 rings (SSSR count). The fourth-order valence-electron chi connectivity index (χ4n) is 1.36. The number of alkyl halides is 2. The van der Waals surface area contributed by atoms with Crippen LogP contribution in [0.15, 0.2) is 11.0 Å². The lowest BCUT2D eigenvalue weighted by atomic mass is 10.1. The minimum Gasteiger partial charge on any atom is -0.469 e. The number of hydrogen-bond donors (Lipinski definition) is 1. The quantitative estimate of drug-likeness (QED) is 0.494. The minimum absolute atomic E-state index is 0.634. The second-order valence-electron chi connectivity index (χ2n) is 3.21. The van der Waals surface area contributed by atoms with Gasteiger partial charge in [0.1, 0.15) is 0 Å². The molecule has 0 saturated heterocycles. The maximum Gasteiger partial charge on any atom is 0.338 e. The van der Waals surface area contributed by atoms with E-state index in [9.17, 15) is 28.5 Å². The molecule has 0 saturated carbocycles. The van der Waals surface area contributed by atoms with Gasteiger partial charge in [-0.15, -0.1) is 0 Å².